The van der Waals surface area contributed by atoms with Crippen molar-refractivity contribution in [2.75, 3.05) is 31.6 Å². The van der Waals surface area contributed by atoms with Gasteiger partial charge in [-0.1, -0.05) is 66.7 Å². The smallest absolute Gasteiger partial charge is 0.128 e. The fourth-order valence-corrected chi connectivity index (χ4v) is 5.96. The molecule has 2 aliphatic carbocycles. The molecule has 6 rings (SSSR count). The number of aromatic nitrogens is 1. The van der Waals surface area contributed by atoms with Gasteiger partial charge in [0.05, 0.1) is 5.52 Å². The molecule has 2 aliphatic rings. The van der Waals surface area contributed by atoms with Crippen LogP contribution in [0.3, 0.4) is 0 Å². The molecule has 0 saturated heterocycles. The van der Waals surface area contributed by atoms with Crippen molar-refractivity contribution in [1.29, 1.82) is 0 Å². The summed E-state index contributed by atoms with van der Waals surface area (Å²) >= 11 is 0. The van der Waals surface area contributed by atoms with Crippen molar-refractivity contribution in [3.8, 4) is 0 Å². The number of anilines is 1. The lowest BCUT2D eigenvalue weighted by atomic mass is 9.75. The van der Waals surface area contributed by atoms with Gasteiger partial charge in [-0.05, 0) is 59.8 Å². The minimum absolute atomic E-state index is 0.129. The molecule has 3 aromatic carbocycles. The molecular formula is C29H29N3. The predicted octanol–water partition coefficient (Wildman–Crippen LogP) is 5.49. The first-order chi connectivity index (χ1) is 15.8. The first-order valence-corrected chi connectivity index (χ1v) is 11.7. The number of nitrogens with zero attached hydrogens (tertiary/aromatic N) is 2. The maximum absolute atomic E-state index is 4.82. The standard InChI is InChI=1S/C29H29N3/c1-32(28-16-15-21-9-2-7-14-27(21)31-28)18-8-17-30-20-29-19-24(22-10-3-5-12-25(22)29)23-11-4-6-13-26(23)29/h2-7,9-16,24,30H,8,17-20H2,1H3. The third-order valence-electron chi connectivity index (χ3n) is 7.50. The minimum atomic E-state index is 0.129. The minimum Gasteiger partial charge on any atom is -0.360 e. The predicted molar refractivity (Wildman–Crippen MR) is 133 cm³/mol. The average molecular weight is 420 g/mol. The van der Waals surface area contributed by atoms with Crippen molar-refractivity contribution < 1.29 is 0 Å². The molecule has 0 radical (unpaired) electrons. The van der Waals surface area contributed by atoms with Gasteiger partial charge in [0.15, 0.2) is 0 Å². The molecule has 32 heavy (non-hydrogen) atoms. The Morgan fingerprint density at radius 1 is 0.875 bits per heavy atom. The Morgan fingerprint density at radius 3 is 2.34 bits per heavy atom. The topological polar surface area (TPSA) is 28.2 Å². The molecule has 0 amide bonds. The number of benzene rings is 3. The Hall–Kier alpha value is -3.17. The summed E-state index contributed by atoms with van der Waals surface area (Å²) in [5, 5.41) is 5.01. The second-order valence-electron chi connectivity index (χ2n) is 9.33. The van der Waals surface area contributed by atoms with E-state index in [4.69, 9.17) is 4.98 Å². The summed E-state index contributed by atoms with van der Waals surface area (Å²) in [5.74, 6) is 1.61. The summed E-state index contributed by atoms with van der Waals surface area (Å²) in [5.41, 5.74) is 7.33. The normalized spacial score (nSPS) is 20.3. The quantitative estimate of drug-likeness (QED) is 0.402. The molecule has 0 unspecified atom stereocenters. The molecular weight excluding hydrogens is 390 g/mol. The Kier molecular flexibility index (Phi) is 4.73. The lowest BCUT2D eigenvalue weighted by Gasteiger charge is -2.32. The molecule has 1 aromatic heterocycles. The molecule has 0 aliphatic heterocycles. The van der Waals surface area contributed by atoms with Gasteiger partial charge in [0.2, 0.25) is 0 Å². The fourth-order valence-electron chi connectivity index (χ4n) is 5.96. The molecule has 160 valence electrons. The van der Waals surface area contributed by atoms with E-state index in [0.717, 1.165) is 37.4 Å². The van der Waals surface area contributed by atoms with Crippen molar-refractivity contribution in [2.24, 2.45) is 0 Å². The molecule has 4 aromatic rings. The number of rotatable bonds is 7. The molecule has 0 fully saturated rings. The van der Waals surface area contributed by atoms with E-state index in [1.807, 2.05) is 0 Å². The molecule has 0 atom stereocenters. The van der Waals surface area contributed by atoms with Crippen molar-refractivity contribution in [3.63, 3.8) is 0 Å². The van der Waals surface area contributed by atoms with Gasteiger partial charge in [-0.25, -0.2) is 4.98 Å². The van der Waals surface area contributed by atoms with Crippen LogP contribution >= 0.6 is 0 Å². The Labute approximate surface area is 190 Å². The van der Waals surface area contributed by atoms with Gasteiger partial charge in [-0.3, -0.25) is 0 Å². The molecule has 0 spiro atoms. The highest BCUT2D eigenvalue weighted by Crippen LogP contribution is 2.59. The summed E-state index contributed by atoms with van der Waals surface area (Å²) in [6.07, 6.45) is 2.30. The van der Waals surface area contributed by atoms with Gasteiger partial charge < -0.3 is 10.2 Å². The van der Waals surface area contributed by atoms with Crippen LogP contribution in [0.15, 0.2) is 84.9 Å². The number of fused-ring (bicyclic) bond motifs is 9. The monoisotopic (exact) mass is 419 g/mol. The maximum atomic E-state index is 4.82. The van der Waals surface area contributed by atoms with Gasteiger partial charge in [0.25, 0.3) is 0 Å². The lowest BCUT2D eigenvalue weighted by molar-refractivity contribution is 0.473. The first kappa shape index (κ1) is 19.5. The molecule has 3 heteroatoms. The van der Waals surface area contributed by atoms with E-state index in [-0.39, 0.29) is 5.41 Å². The van der Waals surface area contributed by atoms with Crippen LogP contribution in [0, 0.1) is 0 Å². The van der Waals surface area contributed by atoms with Crippen LogP contribution in [0.2, 0.25) is 0 Å². The molecule has 0 saturated carbocycles. The van der Waals surface area contributed by atoms with Crippen molar-refractivity contribution in [3.05, 3.63) is 107 Å². The summed E-state index contributed by atoms with van der Waals surface area (Å²) in [7, 11) is 2.14. The third kappa shape index (κ3) is 3.03. The highest BCUT2D eigenvalue weighted by molar-refractivity contribution is 5.80. The van der Waals surface area contributed by atoms with Crippen LogP contribution in [-0.4, -0.2) is 31.7 Å². The van der Waals surface area contributed by atoms with Crippen molar-refractivity contribution in [1.82, 2.24) is 10.3 Å². The van der Waals surface area contributed by atoms with Crippen molar-refractivity contribution in [2.45, 2.75) is 24.2 Å². The van der Waals surface area contributed by atoms with E-state index in [1.54, 1.807) is 0 Å². The maximum Gasteiger partial charge on any atom is 0.128 e. The average Bonchev–Trinajstić information content (AvgIpc) is 3.36. The van der Waals surface area contributed by atoms with E-state index in [1.165, 1.54) is 34.1 Å². The first-order valence-electron chi connectivity index (χ1n) is 11.7. The number of pyridine rings is 1. The fraction of sp³-hybridized carbons (Fsp3) is 0.276. The Bertz CT molecular complexity index is 1230. The number of hydrogen-bond acceptors (Lipinski definition) is 3. The molecule has 2 bridgehead atoms. The van der Waals surface area contributed by atoms with Crippen molar-refractivity contribution >= 4 is 16.7 Å². The van der Waals surface area contributed by atoms with Crippen LogP contribution in [0.4, 0.5) is 5.82 Å². The second-order valence-corrected chi connectivity index (χ2v) is 9.33. The van der Waals surface area contributed by atoms with Gasteiger partial charge in [-0.15, -0.1) is 0 Å². The van der Waals surface area contributed by atoms with Crippen LogP contribution in [0.25, 0.3) is 10.9 Å². The summed E-state index contributed by atoms with van der Waals surface area (Å²) < 4.78 is 0. The van der Waals surface area contributed by atoms with Gasteiger partial charge in [0.1, 0.15) is 5.82 Å². The van der Waals surface area contributed by atoms with Gasteiger partial charge >= 0.3 is 0 Å². The Morgan fingerprint density at radius 2 is 1.56 bits per heavy atom. The van der Waals surface area contributed by atoms with E-state index in [2.05, 4.69) is 102 Å². The highest BCUT2D eigenvalue weighted by atomic mass is 15.2. The van der Waals surface area contributed by atoms with Crippen LogP contribution in [0.5, 0.6) is 0 Å². The molecule has 1 heterocycles. The number of hydrogen-bond donors (Lipinski definition) is 1. The molecule has 3 nitrogen and oxygen atoms in total. The van der Waals surface area contributed by atoms with E-state index < -0.39 is 0 Å². The van der Waals surface area contributed by atoms with E-state index in [9.17, 15) is 0 Å². The van der Waals surface area contributed by atoms with Crippen LogP contribution in [0.1, 0.15) is 41.0 Å². The third-order valence-corrected chi connectivity index (χ3v) is 7.50. The van der Waals surface area contributed by atoms with E-state index in [0.29, 0.717) is 5.92 Å². The number of para-hydroxylation sites is 1. The summed E-state index contributed by atoms with van der Waals surface area (Å²) in [6, 6.07) is 30.8. The largest absolute Gasteiger partial charge is 0.360 e. The lowest BCUT2D eigenvalue weighted by Crippen LogP contribution is -2.37. The van der Waals surface area contributed by atoms with Crippen LogP contribution < -0.4 is 10.2 Å². The zero-order valence-corrected chi connectivity index (χ0v) is 18.6. The van der Waals surface area contributed by atoms with Gasteiger partial charge in [0, 0.05) is 36.9 Å². The Balaban J connectivity index is 1.11. The second kappa shape index (κ2) is 7.75. The highest BCUT2D eigenvalue weighted by Gasteiger charge is 2.51. The van der Waals surface area contributed by atoms with Crippen LogP contribution in [-0.2, 0) is 5.41 Å². The van der Waals surface area contributed by atoms with E-state index >= 15 is 0 Å². The zero-order chi connectivity index (χ0) is 21.5. The van der Waals surface area contributed by atoms with Gasteiger partial charge in [-0.2, -0.15) is 0 Å². The zero-order valence-electron chi connectivity index (χ0n) is 18.6. The summed E-state index contributed by atoms with van der Waals surface area (Å²) in [4.78, 5) is 7.08. The molecule has 1 N–H and O–H groups in total. The summed E-state index contributed by atoms with van der Waals surface area (Å²) in [6.45, 7) is 3.01. The SMILES string of the molecule is CN(CCCNCC12CC(c3ccccc31)c1ccccc12)c1ccc2ccccc2n1. The number of nitrogens with one attached hydrogen (secondary N) is 1.